The molecule has 0 unspecified atom stereocenters. The first-order valence-corrected chi connectivity index (χ1v) is 11.1. The third-order valence-electron chi connectivity index (χ3n) is 6.72. The van der Waals surface area contributed by atoms with Crippen molar-refractivity contribution in [3.05, 3.63) is 35.9 Å². The Morgan fingerprint density at radius 3 is 2.39 bits per heavy atom. The van der Waals surface area contributed by atoms with E-state index in [-0.39, 0.29) is 30.8 Å². The maximum atomic E-state index is 12.7. The Morgan fingerprint density at radius 1 is 1.13 bits per heavy atom. The van der Waals surface area contributed by atoms with Gasteiger partial charge in [0.05, 0.1) is 18.3 Å². The molecule has 0 N–H and O–H groups in total. The van der Waals surface area contributed by atoms with Crippen LogP contribution in [0.5, 0.6) is 0 Å². The van der Waals surface area contributed by atoms with Crippen LogP contribution < -0.4 is 0 Å². The number of ether oxygens (including phenoxy) is 2. The lowest BCUT2D eigenvalue weighted by Crippen LogP contribution is -2.44. The summed E-state index contributed by atoms with van der Waals surface area (Å²) in [5.41, 5.74) is 0.209. The molecule has 2 fully saturated rings. The van der Waals surface area contributed by atoms with E-state index in [1.807, 2.05) is 58.0 Å². The third kappa shape index (κ3) is 5.41. The Kier molecular flexibility index (Phi) is 7.32. The number of hydrogen-bond donors (Lipinski definition) is 0. The number of carbonyl (C=O) groups is 2. The normalized spacial score (nSPS) is 24.3. The molecule has 0 saturated carbocycles. The van der Waals surface area contributed by atoms with E-state index >= 15 is 0 Å². The summed E-state index contributed by atoms with van der Waals surface area (Å²) >= 11 is 0. The molecule has 0 aromatic heterocycles. The number of amides is 1. The summed E-state index contributed by atoms with van der Waals surface area (Å²) in [5.74, 6) is -0.367. The van der Waals surface area contributed by atoms with Crippen molar-refractivity contribution in [1.29, 1.82) is 0 Å². The van der Waals surface area contributed by atoms with Crippen molar-refractivity contribution in [2.45, 2.75) is 77.1 Å². The van der Waals surface area contributed by atoms with Crippen molar-refractivity contribution in [2.75, 3.05) is 13.7 Å². The Labute approximate surface area is 185 Å². The number of likely N-dealkylation sites (tertiary alicyclic amines) is 1. The van der Waals surface area contributed by atoms with Gasteiger partial charge in [0.1, 0.15) is 12.6 Å². The monoisotopic (exact) mass is 431 g/mol. The van der Waals surface area contributed by atoms with Crippen molar-refractivity contribution in [2.24, 2.45) is 5.92 Å². The Bertz CT molecular complexity index is 753. The molecule has 0 bridgehead atoms. The van der Waals surface area contributed by atoms with Gasteiger partial charge < -0.3 is 18.8 Å². The fraction of sp³-hybridized carbons (Fsp3) is 0.652. The molecule has 170 valence electrons. The summed E-state index contributed by atoms with van der Waals surface area (Å²) < 4.78 is 22.6. The molecule has 31 heavy (non-hydrogen) atoms. The second-order valence-electron chi connectivity index (χ2n) is 9.37. The summed E-state index contributed by atoms with van der Waals surface area (Å²) in [7, 11) is 1.10. The van der Waals surface area contributed by atoms with E-state index in [0.29, 0.717) is 6.54 Å². The summed E-state index contributed by atoms with van der Waals surface area (Å²) in [4.78, 5) is 26.7. The molecule has 0 spiro atoms. The number of hydrogen-bond acceptors (Lipinski definition) is 6. The topological polar surface area (TPSA) is 74.3 Å². The molecule has 2 atom stereocenters. The van der Waals surface area contributed by atoms with Crippen LogP contribution in [0.15, 0.2) is 30.3 Å². The zero-order chi connectivity index (χ0) is 22.6. The van der Waals surface area contributed by atoms with Crippen LogP contribution in [0.2, 0.25) is 6.32 Å². The van der Waals surface area contributed by atoms with E-state index in [9.17, 15) is 9.59 Å². The average Bonchev–Trinajstić information content (AvgIpc) is 3.23. The van der Waals surface area contributed by atoms with Gasteiger partial charge in [-0.3, -0.25) is 4.90 Å². The molecule has 2 aliphatic heterocycles. The standard InChI is InChI=1S/C23H34BNO6/c1-22(2)23(3,4)31-24(30-22)14-9-12-18-13-15-25(19(18)20(26)28-5)21(27)29-16-17-10-7-6-8-11-17/h6-8,10-11,18-19H,9,12-16H2,1-5H3/t18-,19+/m1/s1. The Morgan fingerprint density at radius 2 is 1.77 bits per heavy atom. The van der Waals surface area contributed by atoms with Gasteiger partial charge in [0.15, 0.2) is 0 Å². The van der Waals surface area contributed by atoms with Crippen LogP contribution in [0.1, 0.15) is 52.5 Å². The van der Waals surface area contributed by atoms with Crippen LogP contribution in [0.3, 0.4) is 0 Å². The quantitative estimate of drug-likeness (QED) is 0.479. The largest absolute Gasteiger partial charge is 0.467 e. The summed E-state index contributed by atoms with van der Waals surface area (Å²) in [5, 5.41) is 0. The van der Waals surface area contributed by atoms with Gasteiger partial charge in [-0.15, -0.1) is 0 Å². The maximum Gasteiger partial charge on any atom is 0.457 e. The van der Waals surface area contributed by atoms with Gasteiger partial charge in [0, 0.05) is 6.54 Å². The fourth-order valence-electron chi connectivity index (χ4n) is 4.24. The van der Waals surface area contributed by atoms with E-state index < -0.39 is 18.1 Å². The van der Waals surface area contributed by atoms with Crippen molar-refractivity contribution in [3.8, 4) is 0 Å². The second kappa shape index (κ2) is 9.61. The Balaban J connectivity index is 1.53. The number of rotatable bonds is 7. The number of nitrogens with zero attached hydrogens (tertiary/aromatic N) is 1. The smallest absolute Gasteiger partial charge is 0.457 e. The van der Waals surface area contributed by atoms with Crippen LogP contribution >= 0.6 is 0 Å². The highest BCUT2D eigenvalue weighted by molar-refractivity contribution is 6.45. The minimum atomic E-state index is -0.619. The Hall–Kier alpha value is -2.06. The van der Waals surface area contributed by atoms with Gasteiger partial charge in [0.2, 0.25) is 0 Å². The van der Waals surface area contributed by atoms with Crippen molar-refractivity contribution < 1.29 is 28.4 Å². The second-order valence-corrected chi connectivity index (χ2v) is 9.37. The number of carbonyl (C=O) groups excluding carboxylic acids is 2. The highest BCUT2D eigenvalue weighted by Crippen LogP contribution is 2.39. The van der Waals surface area contributed by atoms with E-state index in [0.717, 1.165) is 31.1 Å². The number of methoxy groups -OCH3 is 1. The van der Waals surface area contributed by atoms with Crippen LogP contribution in [-0.2, 0) is 30.2 Å². The molecular weight excluding hydrogens is 397 g/mol. The fourth-order valence-corrected chi connectivity index (χ4v) is 4.24. The van der Waals surface area contributed by atoms with E-state index in [4.69, 9.17) is 18.8 Å². The molecule has 7 nitrogen and oxygen atoms in total. The predicted molar refractivity (Wildman–Crippen MR) is 117 cm³/mol. The lowest BCUT2D eigenvalue weighted by atomic mass is 9.80. The molecule has 3 rings (SSSR count). The van der Waals surface area contributed by atoms with Gasteiger partial charge in [-0.2, -0.15) is 0 Å². The van der Waals surface area contributed by atoms with Crippen LogP contribution in [0.4, 0.5) is 4.79 Å². The molecule has 1 aromatic rings. The van der Waals surface area contributed by atoms with Gasteiger partial charge in [0.25, 0.3) is 0 Å². The predicted octanol–water partition coefficient (Wildman–Crippen LogP) is 4.06. The number of benzene rings is 1. The highest BCUT2D eigenvalue weighted by Gasteiger charge is 2.51. The van der Waals surface area contributed by atoms with E-state index in [1.54, 1.807) is 0 Å². The molecule has 0 radical (unpaired) electrons. The van der Waals surface area contributed by atoms with Crippen molar-refractivity contribution in [1.82, 2.24) is 4.90 Å². The zero-order valence-corrected chi connectivity index (χ0v) is 19.3. The van der Waals surface area contributed by atoms with Gasteiger partial charge >= 0.3 is 19.2 Å². The molecule has 1 aromatic carbocycles. The molecule has 2 aliphatic rings. The van der Waals surface area contributed by atoms with Crippen LogP contribution in [-0.4, -0.2) is 55.0 Å². The summed E-state index contributed by atoms with van der Waals surface area (Å²) in [6.45, 7) is 8.81. The van der Waals surface area contributed by atoms with Crippen molar-refractivity contribution in [3.63, 3.8) is 0 Å². The number of esters is 1. The van der Waals surface area contributed by atoms with Crippen LogP contribution in [0, 0.1) is 5.92 Å². The SMILES string of the molecule is COC(=O)[C@@H]1[C@H](CCCB2OC(C)(C)C(C)(C)O2)CCN1C(=O)OCc1ccccc1. The molecular formula is C23H34BNO6. The summed E-state index contributed by atoms with van der Waals surface area (Å²) in [6, 6.07) is 8.87. The van der Waals surface area contributed by atoms with Crippen molar-refractivity contribution >= 4 is 19.2 Å². The zero-order valence-electron chi connectivity index (χ0n) is 19.3. The first-order chi connectivity index (χ1) is 14.6. The minimum absolute atomic E-state index is 0.0270. The third-order valence-corrected chi connectivity index (χ3v) is 6.72. The van der Waals surface area contributed by atoms with Gasteiger partial charge in [-0.1, -0.05) is 36.8 Å². The molecule has 8 heteroatoms. The maximum absolute atomic E-state index is 12.7. The molecule has 2 heterocycles. The van der Waals surface area contributed by atoms with Crippen LogP contribution in [0.25, 0.3) is 0 Å². The molecule has 0 aliphatic carbocycles. The first kappa shape index (κ1) is 23.6. The summed E-state index contributed by atoms with van der Waals surface area (Å²) in [6.07, 6.45) is 2.63. The van der Waals surface area contributed by atoms with E-state index in [1.165, 1.54) is 12.0 Å². The minimum Gasteiger partial charge on any atom is -0.467 e. The molecule has 1 amide bonds. The lowest BCUT2D eigenvalue weighted by Gasteiger charge is -2.32. The average molecular weight is 431 g/mol. The highest BCUT2D eigenvalue weighted by atomic mass is 16.7. The first-order valence-electron chi connectivity index (χ1n) is 11.1. The van der Waals surface area contributed by atoms with Gasteiger partial charge in [-0.25, -0.2) is 9.59 Å². The molecule has 2 saturated heterocycles. The van der Waals surface area contributed by atoms with E-state index in [2.05, 4.69) is 0 Å². The van der Waals surface area contributed by atoms with Gasteiger partial charge in [-0.05, 0) is 58.3 Å². The lowest BCUT2D eigenvalue weighted by molar-refractivity contribution is -0.146.